The smallest absolute Gasteiger partial charge is 0.0564 e. The van der Waals surface area contributed by atoms with Gasteiger partial charge < -0.3 is 14.2 Å². The molecule has 1 aliphatic carbocycles. The molecule has 0 aromatic heterocycles. The van der Waals surface area contributed by atoms with Gasteiger partial charge in [0, 0.05) is 31.6 Å². The summed E-state index contributed by atoms with van der Waals surface area (Å²) in [6.45, 7) is 4.50. The Balaban J connectivity index is 1.79. The highest BCUT2D eigenvalue weighted by Crippen LogP contribution is 2.68. The van der Waals surface area contributed by atoms with Crippen LogP contribution in [0.5, 0.6) is 0 Å². The molecule has 0 amide bonds. The number of ether oxygens (including phenoxy) is 3. The molecule has 2 unspecified atom stereocenters. The van der Waals surface area contributed by atoms with Crippen LogP contribution < -0.4 is 21.2 Å². The topological polar surface area (TPSA) is 27.7 Å². The minimum atomic E-state index is -0.786. The van der Waals surface area contributed by atoms with E-state index >= 15 is 0 Å². The average Bonchev–Trinajstić information content (AvgIpc) is 2.99. The van der Waals surface area contributed by atoms with E-state index in [1.807, 2.05) is 21.3 Å². The van der Waals surface area contributed by atoms with Crippen LogP contribution in [0.3, 0.4) is 0 Å². The van der Waals surface area contributed by atoms with Crippen LogP contribution in [0, 0.1) is 5.41 Å². The van der Waals surface area contributed by atoms with Gasteiger partial charge in [0.05, 0.1) is 19.8 Å². The summed E-state index contributed by atoms with van der Waals surface area (Å²) >= 11 is 0. The van der Waals surface area contributed by atoms with Crippen LogP contribution in [0.25, 0.3) is 0 Å². The lowest BCUT2D eigenvalue weighted by atomic mass is 9.66. The molecule has 0 spiro atoms. The van der Waals surface area contributed by atoms with E-state index in [4.69, 9.17) is 14.2 Å². The van der Waals surface area contributed by atoms with Crippen LogP contribution in [0.15, 0.2) is 121 Å². The zero-order valence-electron chi connectivity index (χ0n) is 25.4. The molecule has 1 aliphatic rings. The molecule has 2 atom stereocenters. The first-order chi connectivity index (χ1) is 20.5. The number of methoxy groups -OCH3 is 3. The van der Waals surface area contributed by atoms with Crippen LogP contribution in [-0.2, 0) is 14.2 Å². The molecule has 42 heavy (non-hydrogen) atoms. The lowest BCUT2D eigenvalue weighted by molar-refractivity contribution is 0.00241. The minimum absolute atomic E-state index is 0.0711. The van der Waals surface area contributed by atoms with E-state index in [9.17, 15) is 0 Å². The lowest BCUT2D eigenvalue weighted by Gasteiger charge is -2.59. The predicted molar refractivity (Wildman–Crippen MR) is 181 cm³/mol. The third-order valence-electron chi connectivity index (χ3n) is 8.49. The summed E-state index contributed by atoms with van der Waals surface area (Å²) in [5.74, 6) is 0. The first-order valence-corrected chi connectivity index (χ1v) is 17.4. The fourth-order valence-corrected chi connectivity index (χ4v) is 15.0. The van der Waals surface area contributed by atoms with Crippen LogP contribution in [0.4, 0.5) is 0 Å². The molecular formula is C37H44O3P2. The second kappa shape index (κ2) is 13.9. The lowest BCUT2D eigenvalue weighted by Crippen LogP contribution is -2.58. The fourth-order valence-electron chi connectivity index (χ4n) is 7.73. The Morgan fingerprint density at radius 2 is 0.738 bits per heavy atom. The van der Waals surface area contributed by atoms with Gasteiger partial charge in [0.2, 0.25) is 0 Å². The summed E-state index contributed by atoms with van der Waals surface area (Å²) in [4.78, 5) is 0. The molecule has 3 nitrogen and oxygen atoms in total. The first-order valence-electron chi connectivity index (χ1n) is 14.8. The summed E-state index contributed by atoms with van der Waals surface area (Å²) in [7, 11) is 4.04. The Hall–Kier alpha value is -2.38. The van der Waals surface area contributed by atoms with Crippen molar-refractivity contribution in [1.82, 2.24) is 0 Å². The molecular weight excluding hydrogens is 554 g/mol. The van der Waals surface area contributed by atoms with Gasteiger partial charge >= 0.3 is 0 Å². The van der Waals surface area contributed by atoms with Crippen molar-refractivity contribution in [3.63, 3.8) is 0 Å². The largest absolute Gasteiger partial charge is 0.384 e. The third kappa shape index (κ3) is 6.57. The number of hydrogen-bond acceptors (Lipinski definition) is 3. The zero-order valence-corrected chi connectivity index (χ0v) is 27.2. The fraction of sp³-hybridized carbons (Fsp3) is 0.351. The SMILES string of the molecule is COCC1(C)CC(COC)(P(c2ccccc2)c2ccccc2)CC(COC)(P(c2ccccc2)c2ccccc2)C1. The van der Waals surface area contributed by atoms with Gasteiger partial charge in [-0.15, -0.1) is 0 Å². The van der Waals surface area contributed by atoms with Crippen molar-refractivity contribution < 1.29 is 14.2 Å². The quantitative estimate of drug-likeness (QED) is 0.167. The second-order valence-corrected chi connectivity index (χ2v) is 17.4. The van der Waals surface area contributed by atoms with Crippen molar-refractivity contribution in [2.24, 2.45) is 5.41 Å². The summed E-state index contributed by atoms with van der Waals surface area (Å²) in [6, 6.07) is 44.6. The summed E-state index contributed by atoms with van der Waals surface area (Å²) in [5.41, 5.74) is -0.0711. The molecule has 1 fully saturated rings. The molecule has 4 aromatic rings. The van der Waals surface area contributed by atoms with Crippen molar-refractivity contribution in [1.29, 1.82) is 0 Å². The van der Waals surface area contributed by atoms with Crippen LogP contribution in [-0.4, -0.2) is 51.5 Å². The Kier molecular flexibility index (Phi) is 10.3. The van der Waals surface area contributed by atoms with Gasteiger partial charge in [-0.3, -0.25) is 0 Å². The maximum absolute atomic E-state index is 6.28. The standard InChI is InChI=1S/C37H44O3P2/c1-35(28-38-2)25-36(29-39-3,41(31-17-9-5-10-18-31)32-19-11-6-12-20-32)27-37(26-35,30-40-4)42(33-21-13-7-14-22-33)34-23-15-8-16-24-34/h5-24H,25-30H2,1-4H3. The van der Waals surface area contributed by atoms with E-state index in [2.05, 4.69) is 128 Å². The third-order valence-corrected chi connectivity index (χ3v) is 14.5. The van der Waals surface area contributed by atoms with Gasteiger partial charge in [-0.25, -0.2) is 0 Å². The first kappa shape index (κ1) is 31.1. The van der Waals surface area contributed by atoms with E-state index in [1.54, 1.807) is 0 Å². The van der Waals surface area contributed by atoms with E-state index in [1.165, 1.54) is 21.2 Å². The van der Waals surface area contributed by atoms with Crippen LogP contribution in [0.1, 0.15) is 26.2 Å². The monoisotopic (exact) mass is 598 g/mol. The van der Waals surface area contributed by atoms with E-state index in [-0.39, 0.29) is 15.7 Å². The molecule has 0 heterocycles. The maximum atomic E-state index is 6.28. The highest BCUT2D eigenvalue weighted by atomic mass is 31.1. The highest BCUT2D eigenvalue weighted by Gasteiger charge is 2.59. The van der Waals surface area contributed by atoms with E-state index in [0.717, 1.165) is 19.3 Å². The van der Waals surface area contributed by atoms with Gasteiger partial charge in [-0.1, -0.05) is 128 Å². The van der Waals surface area contributed by atoms with Crippen LogP contribution >= 0.6 is 15.8 Å². The Morgan fingerprint density at radius 1 is 0.452 bits per heavy atom. The molecule has 0 N–H and O–H groups in total. The van der Waals surface area contributed by atoms with Gasteiger partial charge in [0.25, 0.3) is 0 Å². The maximum Gasteiger partial charge on any atom is 0.0564 e. The van der Waals surface area contributed by atoms with Gasteiger partial charge in [0.15, 0.2) is 0 Å². The number of rotatable bonds is 12. The Bertz CT molecular complexity index is 1190. The van der Waals surface area contributed by atoms with Gasteiger partial charge in [-0.05, 0) is 61.7 Å². The van der Waals surface area contributed by atoms with E-state index < -0.39 is 15.8 Å². The van der Waals surface area contributed by atoms with Crippen molar-refractivity contribution >= 4 is 37.1 Å². The molecule has 5 rings (SSSR count). The van der Waals surface area contributed by atoms with Gasteiger partial charge in [-0.2, -0.15) is 0 Å². The normalized spacial score (nSPS) is 24.2. The number of benzene rings is 4. The van der Waals surface area contributed by atoms with Crippen molar-refractivity contribution in [3.8, 4) is 0 Å². The zero-order chi connectivity index (χ0) is 29.5. The second-order valence-electron chi connectivity index (χ2n) is 12.1. The van der Waals surface area contributed by atoms with Crippen molar-refractivity contribution in [3.05, 3.63) is 121 Å². The number of hydrogen-bond donors (Lipinski definition) is 0. The molecule has 4 aromatic carbocycles. The Labute approximate surface area is 255 Å². The molecule has 1 saturated carbocycles. The summed E-state index contributed by atoms with van der Waals surface area (Å²) in [6.07, 6.45) is 3.05. The molecule has 0 bridgehead atoms. The molecule has 0 saturated heterocycles. The average molecular weight is 599 g/mol. The highest BCUT2D eigenvalue weighted by molar-refractivity contribution is 7.75. The van der Waals surface area contributed by atoms with Gasteiger partial charge in [0.1, 0.15) is 0 Å². The van der Waals surface area contributed by atoms with E-state index in [0.29, 0.717) is 19.8 Å². The van der Waals surface area contributed by atoms with Crippen molar-refractivity contribution in [2.75, 3.05) is 41.2 Å². The molecule has 0 aliphatic heterocycles. The minimum Gasteiger partial charge on any atom is -0.384 e. The Morgan fingerprint density at radius 3 is 1.00 bits per heavy atom. The van der Waals surface area contributed by atoms with Crippen LogP contribution in [0.2, 0.25) is 0 Å². The molecule has 5 heteroatoms. The molecule has 220 valence electrons. The predicted octanol–water partition coefficient (Wildman–Crippen LogP) is 6.86. The summed E-state index contributed by atoms with van der Waals surface area (Å²) in [5, 5.41) is 5.31. The summed E-state index contributed by atoms with van der Waals surface area (Å²) < 4.78 is 18.6. The molecule has 0 radical (unpaired) electrons. The van der Waals surface area contributed by atoms with Crippen molar-refractivity contribution in [2.45, 2.75) is 36.5 Å².